The van der Waals surface area contributed by atoms with Crippen molar-refractivity contribution in [1.82, 2.24) is 19.5 Å². The lowest BCUT2D eigenvalue weighted by atomic mass is 10.6. The van der Waals surface area contributed by atoms with Gasteiger partial charge in [-0.1, -0.05) is 13.8 Å². The number of fused-ring (bicyclic) bond motifs is 1. The summed E-state index contributed by atoms with van der Waals surface area (Å²) in [7, 11) is 1.82. The van der Waals surface area contributed by atoms with Crippen LogP contribution in [0.15, 0.2) is 12.5 Å². The van der Waals surface area contributed by atoms with Crippen molar-refractivity contribution in [2.75, 3.05) is 5.73 Å². The highest BCUT2D eigenvalue weighted by Gasteiger charge is 2.03. The van der Waals surface area contributed by atoms with Crippen molar-refractivity contribution < 1.29 is 0 Å². The van der Waals surface area contributed by atoms with Crippen LogP contribution in [0, 0.1) is 0 Å². The number of aromatic nitrogens is 4. The lowest BCUT2D eigenvalue weighted by Crippen LogP contribution is -1.96. The Morgan fingerprint density at radius 1 is 1.38 bits per heavy atom. The highest BCUT2D eigenvalue weighted by Crippen LogP contribution is 2.10. The molecule has 0 amide bonds. The van der Waals surface area contributed by atoms with Crippen molar-refractivity contribution in [1.29, 1.82) is 0 Å². The lowest BCUT2D eigenvalue weighted by Gasteiger charge is -1.91. The molecular weight excluding hydrogens is 166 g/mol. The Bertz CT molecular complexity index is 392. The van der Waals surface area contributed by atoms with E-state index < -0.39 is 0 Å². The Kier molecular flexibility index (Phi) is 2.79. The molecule has 0 saturated heterocycles. The fourth-order valence-corrected chi connectivity index (χ4v) is 0.960. The molecule has 0 spiro atoms. The molecule has 70 valence electrons. The molecule has 2 N–H and O–H groups in total. The number of nitrogens with two attached hydrogens (primary N) is 1. The zero-order valence-corrected chi connectivity index (χ0v) is 8.02. The van der Waals surface area contributed by atoms with Crippen molar-refractivity contribution in [3.63, 3.8) is 0 Å². The highest BCUT2D eigenvalue weighted by molar-refractivity contribution is 5.72. The monoisotopic (exact) mass is 179 g/mol. The minimum Gasteiger partial charge on any atom is -0.369 e. The van der Waals surface area contributed by atoms with Gasteiger partial charge in [-0.25, -0.2) is 15.0 Å². The minimum absolute atomic E-state index is 0.459. The number of rotatable bonds is 0. The molecule has 2 aromatic rings. The number of nitrogens with zero attached hydrogens (tertiary/aromatic N) is 4. The normalized spacial score (nSPS) is 9.46. The van der Waals surface area contributed by atoms with E-state index in [9.17, 15) is 0 Å². The van der Waals surface area contributed by atoms with Crippen molar-refractivity contribution >= 4 is 17.1 Å². The second kappa shape index (κ2) is 3.84. The Hall–Kier alpha value is -1.65. The zero-order valence-electron chi connectivity index (χ0n) is 8.02. The van der Waals surface area contributed by atoms with Crippen LogP contribution in [0.25, 0.3) is 11.2 Å². The standard InChI is InChI=1S/C6H7N5.C2H6/c1-11-5-4(10-6(11)7)2-8-3-9-5;1-2/h2-3H,1H3,(H2,7,10);1-2H3. The summed E-state index contributed by atoms with van der Waals surface area (Å²) in [4.78, 5) is 11.9. The van der Waals surface area contributed by atoms with Gasteiger partial charge in [-0.2, -0.15) is 0 Å². The molecule has 0 fully saturated rings. The van der Waals surface area contributed by atoms with Gasteiger partial charge in [-0.3, -0.25) is 4.57 Å². The molecule has 2 heterocycles. The van der Waals surface area contributed by atoms with Crippen LogP contribution in [0.1, 0.15) is 13.8 Å². The second-order valence-electron chi connectivity index (χ2n) is 2.26. The fourth-order valence-electron chi connectivity index (χ4n) is 0.960. The van der Waals surface area contributed by atoms with Gasteiger partial charge in [0.15, 0.2) is 5.65 Å². The van der Waals surface area contributed by atoms with Gasteiger partial charge in [0.25, 0.3) is 0 Å². The molecule has 2 rings (SSSR count). The van der Waals surface area contributed by atoms with Gasteiger partial charge >= 0.3 is 0 Å². The van der Waals surface area contributed by atoms with Gasteiger partial charge in [0.1, 0.15) is 11.8 Å². The average Bonchev–Trinajstić information content (AvgIpc) is 2.47. The first kappa shape index (κ1) is 9.44. The number of anilines is 1. The van der Waals surface area contributed by atoms with Crippen LogP contribution in [0.2, 0.25) is 0 Å². The maximum Gasteiger partial charge on any atom is 0.202 e. The Labute approximate surface area is 76.6 Å². The van der Waals surface area contributed by atoms with Gasteiger partial charge in [0.2, 0.25) is 5.95 Å². The minimum atomic E-state index is 0.459. The van der Waals surface area contributed by atoms with Crippen molar-refractivity contribution in [2.24, 2.45) is 7.05 Å². The summed E-state index contributed by atoms with van der Waals surface area (Å²) < 4.78 is 1.72. The Morgan fingerprint density at radius 2 is 2.08 bits per heavy atom. The van der Waals surface area contributed by atoms with E-state index in [-0.39, 0.29) is 0 Å². The molecule has 0 saturated carbocycles. The molecular formula is C8H13N5. The van der Waals surface area contributed by atoms with Crippen LogP contribution in [-0.2, 0) is 7.05 Å². The summed E-state index contributed by atoms with van der Waals surface area (Å²) in [6.07, 6.45) is 3.11. The van der Waals surface area contributed by atoms with Gasteiger partial charge in [-0.05, 0) is 0 Å². The second-order valence-corrected chi connectivity index (χ2v) is 2.26. The first-order chi connectivity index (χ1) is 6.29. The lowest BCUT2D eigenvalue weighted by molar-refractivity contribution is 0.944. The number of imidazole rings is 1. The Morgan fingerprint density at radius 3 is 2.69 bits per heavy atom. The van der Waals surface area contributed by atoms with E-state index >= 15 is 0 Å². The quantitative estimate of drug-likeness (QED) is 0.654. The van der Waals surface area contributed by atoms with Crippen molar-refractivity contribution in [2.45, 2.75) is 13.8 Å². The molecule has 0 aliphatic carbocycles. The van der Waals surface area contributed by atoms with E-state index in [1.54, 1.807) is 10.8 Å². The smallest absolute Gasteiger partial charge is 0.202 e. The summed E-state index contributed by atoms with van der Waals surface area (Å²) in [6, 6.07) is 0. The van der Waals surface area contributed by atoms with E-state index in [0.717, 1.165) is 11.2 Å². The van der Waals surface area contributed by atoms with Gasteiger partial charge < -0.3 is 5.73 Å². The van der Waals surface area contributed by atoms with E-state index in [0.29, 0.717) is 5.95 Å². The van der Waals surface area contributed by atoms with Crippen LogP contribution in [0.5, 0.6) is 0 Å². The molecule has 0 aliphatic heterocycles. The molecule has 13 heavy (non-hydrogen) atoms. The Balaban J connectivity index is 0.000000396. The average molecular weight is 179 g/mol. The number of hydrogen-bond acceptors (Lipinski definition) is 4. The van der Waals surface area contributed by atoms with Gasteiger partial charge in [-0.15, -0.1) is 0 Å². The van der Waals surface area contributed by atoms with E-state index in [4.69, 9.17) is 5.73 Å². The predicted octanol–water partition coefficient (Wildman–Crippen LogP) is 0.972. The number of aryl methyl sites for hydroxylation is 1. The molecule has 0 atom stereocenters. The SMILES string of the molecule is CC.Cn1c(N)nc2cncnc21. The summed E-state index contributed by atoms with van der Waals surface area (Å²) in [5.41, 5.74) is 7.03. The molecule has 2 aromatic heterocycles. The van der Waals surface area contributed by atoms with Crippen LogP contribution >= 0.6 is 0 Å². The predicted molar refractivity (Wildman–Crippen MR) is 52.1 cm³/mol. The first-order valence-corrected chi connectivity index (χ1v) is 4.17. The fraction of sp³-hybridized carbons (Fsp3) is 0.375. The van der Waals surface area contributed by atoms with E-state index in [1.807, 2.05) is 20.9 Å². The number of nitrogen functional groups attached to an aromatic ring is 1. The zero-order chi connectivity index (χ0) is 9.84. The summed E-state index contributed by atoms with van der Waals surface area (Å²) in [6.45, 7) is 4.00. The molecule has 5 heteroatoms. The third-order valence-corrected chi connectivity index (χ3v) is 1.57. The molecule has 0 aliphatic rings. The summed E-state index contributed by atoms with van der Waals surface area (Å²) in [5.74, 6) is 0.459. The third kappa shape index (κ3) is 1.58. The summed E-state index contributed by atoms with van der Waals surface area (Å²) in [5, 5.41) is 0. The maximum absolute atomic E-state index is 5.54. The van der Waals surface area contributed by atoms with Gasteiger partial charge in [0.05, 0.1) is 6.20 Å². The highest BCUT2D eigenvalue weighted by atomic mass is 15.2. The first-order valence-electron chi connectivity index (χ1n) is 4.17. The number of hydrogen-bond donors (Lipinski definition) is 1. The van der Waals surface area contributed by atoms with Crippen LogP contribution in [0.3, 0.4) is 0 Å². The third-order valence-electron chi connectivity index (χ3n) is 1.57. The largest absolute Gasteiger partial charge is 0.369 e. The van der Waals surface area contributed by atoms with E-state index in [1.165, 1.54) is 6.33 Å². The summed E-state index contributed by atoms with van der Waals surface area (Å²) >= 11 is 0. The van der Waals surface area contributed by atoms with Crippen molar-refractivity contribution in [3.05, 3.63) is 12.5 Å². The van der Waals surface area contributed by atoms with E-state index in [2.05, 4.69) is 15.0 Å². The van der Waals surface area contributed by atoms with Crippen LogP contribution in [-0.4, -0.2) is 19.5 Å². The molecule has 0 radical (unpaired) electrons. The van der Waals surface area contributed by atoms with Gasteiger partial charge in [0, 0.05) is 7.05 Å². The van der Waals surface area contributed by atoms with Crippen LogP contribution < -0.4 is 5.73 Å². The molecule has 0 bridgehead atoms. The molecule has 0 aromatic carbocycles. The molecule has 5 nitrogen and oxygen atoms in total. The van der Waals surface area contributed by atoms with Crippen LogP contribution in [0.4, 0.5) is 5.95 Å². The maximum atomic E-state index is 5.54. The topological polar surface area (TPSA) is 69.6 Å². The van der Waals surface area contributed by atoms with Crippen molar-refractivity contribution in [3.8, 4) is 0 Å². The molecule has 0 unspecified atom stereocenters.